The number of phosphoric ester groups is 1. The maximum atomic E-state index is 12.4. The van der Waals surface area contributed by atoms with Gasteiger partial charge >= 0.3 is 19.8 Å². The third-order valence-electron chi connectivity index (χ3n) is 9.46. The summed E-state index contributed by atoms with van der Waals surface area (Å²) in [6.07, 6.45) is 44.8. The fraction of sp³-hybridized carbons (Fsp3) is 0.860. The van der Waals surface area contributed by atoms with Gasteiger partial charge in [0.05, 0.1) is 6.61 Å². The second-order valence-corrected chi connectivity index (χ2v) is 15.9. The molecule has 0 aromatic carbocycles. The maximum Gasteiger partial charge on any atom is 0.469 e. The summed E-state index contributed by atoms with van der Waals surface area (Å²) in [5.41, 5.74) is 0. The Kier molecular flexibility index (Phi) is 38.1. The van der Waals surface area contributed by atoms with Crippen LogP contribution in [-0.2, 0) is 28.2 Å². The topological polar surface area (TPSA) is 119 Å². The van der Waals surface area contributed by atoms with Gasteiger partial charge in [-0.2, -0.15) is 0 Å². The lowest BCUT2D eigenvalue weighted by molar-refractivity contribution is -0.161. The first-order valence-electron chi connectivity index (χ1n) is 21.6. The van der Waals surface area contributed by atoms with Gasteiger partial charge in [0, 0.05) is 12.8 Å². The van der Waals surface area contributed by atoms with Gasteiger partial charge in [-0.25, -0.2) is 4.57 Å². The summed E-state index contributed by atoms with van der Waals surface area (Å²) in [6.45, 7) is 3.67. The van der Waals surface area contributed by atoms with Gasteiger partial charge in [0.2, 0.25) is 0 Å². The summed E-state index contributed by atoms with van der Waals surface area (Å²) in [5.74, 6) is -0.936. The number of phosphoric acid groups is 1. The fourth-order valence-corrected chi connectivity index (χ4v) is 6.57. The largest absolute Gasteiger partial charge is 0.469 e. The van der Waals surface area contributed by atoms with E-state index in [1.807, 2.05) is 6.08 Å². The molecule has 0 unspecified atom stereocenters. The quantitative estimate of drug-likeness (QED) is 0.0274. The average molecular weight is 757 g/mol. The number of carbonyl (C=O) groups is 2. The fourth-order valence-electron chi connectivity index (χ4n) is 6.21. The summed E-state index contributed by atoms with van der Waals surface area (Å²) in [5, 5.41) is 0. The Labute approximate surface area is 319 Å². The first-order chi connectivity index (χ1) is 25.3. The molecule has 52 heavy (non-hydrogen) atoms. The Morgan fingerprint density at radius 2 is 0.846 bits per heavy atom. The van der Waals surface area contributed by atoms with Crippen molar-refractivity contribution in [1.29, 1.82) is 0 Å². The molecule has 0 heterocycles. The zero-order valence-corrected chi connectivity index (χ0v) is 34.6. The normalized spacial score (nSPS) is 12.6. The minimum Gasteiger partial charge on any atom is -0.462 e. The van der Waals surface area contributed by atoms with Crippen LogP contribution in [-0.4, -0.2) is 41.0 Å². The van der Waals surface area contributed by atoms with Gasteiger partial charge in [0.1, 0.15) is 6.61 Å². The van der Waals surface area contributed by atoms with Crippen LogP contribution in [0.5, 0.6) is 0 Å². The standard InChI is InChI=1S/C43H81O8P/c1-3-5-7-9-11-13-15-17-19-20-21-22-24-25-27-29-31-33-35-37-42(44)49-39-41(40-50-52(46,47)48)51-43(45)38-36-34-32-30-28-26-23-18-16-14-12-10-8-6-4-2/h17,19,32,34,41H,3-16,18,20-31,33,35-40H2,1-2H3,(H2,46,47,48)/b19-17+,34-32+/t41-/m1/s1. The van der Waals surface area contributed by atoms with E-state index < -0.39 is 32.5 Å². The molecule has 1 atom stereocenters. The molecule has 0 saturated carbocycles. The molecule has 0 amide bonds. The first-order valence-corrected chi connectivity index (χ1v) is 23.2. The van der Waals surface area contributed by atoms with Crippen LogP contribution < -0.4 is 0 Å². The summed E-state index contributed by atoms with van der Waals surface area (Å²) >= 11 is 0. The Hall–Kier alpha value is -1.47. The van der Waals surface area contributed by atoms with E-state index in [4.69, 9.17) is 19.3 Å². The predicted molar refractivity (Wildman–Crippen MR) is 216 cm³/mol. The van der Waals surface area contributed by atoms with Crippen molar-refractivity contribution in [3.8, 4) is 0 Å². The molecule has 2 N–H and O–H groups in total. The smallest absolute Gasteiger partial charge is 0.462 e. The summed E-state index contributed by atoms with van der Waals surface area (Å²) in [6, 6.07) is 0. The van der Waals surface area contributed by atoms with Crippen molar-refractivity contribution in [2.75, 3.05) is 13.2 Å². The van der Waals surface area contributed by atoms with Crippen molar-refractivity contribution in [3.63, 3.8) is 0 Å². The Balaban J connectivity index is 3.91. The van der Waals surface area contributed by atoms with Crippen LogP contribution in [0.4, 0.5) is 0 Å². The number of hydrogen-bond acceptors (Lipinski definition) is 6. The monoisotopic (exact) mass is 757 g/mol. The predicted octanol–water partition coefficient (Wildman–Crippen LogP) is 13.2. The van der Waals surface area contributed by atoms with Gasteiger partial charge in [-0.05, 0) is 51.4 Å². The van der Waals surface area contributed by atoms with Gasteiger partial charge in [-0.3, -0.25) is 14.1 Å². The number of hydrogen-bond donors (Lipinski definition) is 2. The summed E-state index contributed by atoms with van der Waals surface area (Å²) in [7, 11) is -4.76. The Morgan fingerprint density at radius 3 is 1.25 bits per heavy atom. The highest BCUT2D eigenvalue weighted by Gasteiger charge is 2.22. The van der Waals surface area contributed by atoms with Gasteiger partial charge < -0.3 is 19.3 Å². The van der Waals surface area contributed by atoms with Crippen LogP contribution in [0.3, 0.4) is 0 Å². The van der Waals surface area contributed by atoms with Crippen molar-refractivity contribution >= 4 is 19.8 Å². The molecular weight excluding hydrogens is 675 g/mol. The molecule has 0 spiro atoms. The second kappa shape index (κ2) is 39.2. The molecule has 0 aliphatic carbocycles. The molecule has 0 rings (SSSR count). The van der Waals surface area contributed by atoms with Gasteiger partial charge in [-0.1, -0.05) is 179 Å². The number of rotatable bonds is 40. The van der Waals surface area contributed by atoms with Gasteiger partial charge in [-0.15, -0.1) is 0 Å². The third kappa shape index (κ3) is 41.3. The summed E-state index contributed by atoms with van der Waals surface area (Å²) in [4.78, 5) is 42.8. The van der Waals surface area contributed by atoms with E-state index in [1.54, 1.807) is 0 Å². The first kappa shape index (κ1) is 50.5. The molecule has 0 aliphatic heterocycles. The van der Waals surface area contributed by atoms with E-state index in [9.17, 15) is 14.2 Å². The van der Waals surface area contributed by atoms with E-state index >= 15 is 0 Å². The van der Waals surface area contributed by atoms with Crippen molar-refractivity contribution in [2.24, 2.45) is 0 Å². The van der Waals surface area contributed by atoms with Crippen molar-refractivity contribution < 1.29 is 37.9 Å². The highest BCUT2D eigenvalue weighted by atomic mass is 31.2. The summed E-state index contributed by atoms with van der Waals surface area (Å²) < 4.78 is 26.3. The maximum absolute atomic E-state index is 12.4. The molecule has 0 aromatic rings. The molecule has 0 saturated heterocycles. The lowest BCUT2D eigenvalue weighted by Crippen LogP contribution is -2.29. The Morgan fingerprint density at radius 1 is 0.481 bits per heavy atom. The van der Waals surface area contributed by atoms with E-state index in [-0.39, 0.29) is 19.4 Å². The van der Waals surface area contributed by atoms with Crippen LogP contribution in [0.2, 0.25) is 0 Å². The molecule has 0 fully saturated rings. The van der Waals surface area contributed by atoms with Crippen LogP contribution in [0.1, 0.15) is 219 Å². The zero-order chi connectivity index (χ0) is 38.2. The molecule has 0 aliphatic rings. The van der Waals surface area contributed by atoms with Crippen molar-refractivity contribution in [2.45, 2.75) is 225 Å². The van der Waals surface area contributed by atoms with E-state index in [0.717, 1.165) is 32.1 Å². The van der Waals surface area contributed by atoms with Crippen LogP contribution in [0.25, 0.3) is 0 Å². The third-order valence-corrected chi connectivity index (χ3v) is 9.94. The second-order valence-electron chi connectivity index (χ2n) is 14.7. The SMILES string of the molecule is CCCCCCCC/C=C/CCCCCCCCCCCC(=O)OC[C@H](COP(=O)(O)O)OC(=O)CC/C=C/CCCCCCCCCCCCC. The Bertz CT molecular complexity index is 900. The molecule has 0 aromatic heterocycles. The zero-order valence-electron chi connectivity index (χ0n) is 33.7. The van der Waals surface area contributed by atoms with Gasteiger partial charge in [0.25, 0.3) is 0 Å². The molecule has 9 heteroatoms. The molecular formula is C43H81O8P. The number of unbranched alkanes of at least 4 members (excludes halogenated alkanes) is 26. The van der Waals surface area contributed by atoms with Crippen LogP contribution in [0.15, 0.2) is 24.3 Å². The number of ether oxygens (including phenoxy) is 2. The lowest BCUT2D eigenvalue weighted by atomic mass is 10.1. The molecule has 8 nitrogen and oxygen atoms in total. The number of allylic oxidation sites excluding steroid dienone is 4. The van der Waals surface area contributed by atoms with Crippen LogP contribution in [0, 0.1) is 0 Å². The van der Waals surface area contributed by atoms with Crippen LogP contribution >= 0.6 is 7.82 Å². The van der Waals surface area contributed by atoms with E-state index in [1.165, 1.54) is 154 Å². The number of carbonyl (C=O) groups excluding carboxylic acids is 2. The highest BCUT2D eigenvalue weighted by molar-refractivity contribution is 7.46. The molecule has 0 radical (unpaired) electrons. The lowest BCUT2D eigenvalue weighted by Gasteiger charge is -2.18. The van der Waals surface area contributed by atoms with E-state index in [0.29, 0.717) is 6.42 Å². The van der Waals surface area contributed by atoms with E-state index in [2.05, 4.69) is 36.6 Å². The number of esters is 2. The molecule has 0 bridgehead atoms. The highest BCUT2D eigenvalue weighted by Crippen LogP contribution is 2.36. The van der Waals surface area contributed by atoms with Gasteiger partial charge in [0.15, 0.2) is 6.10 Å². The van der Waals surface area contributed by atoms with Crippen molar-refractivity contribution in [3.05, 3.63) is 24.3 Å². The van der Waals surface area contributed by atoms with Crippen molar-refractivity contribution in [1.82, 2.24) is 0 Å². The molecule has 306 valence electrons. The average Bonchev–Trinajstić information content (AvgIpc) is 3.11. The minimum atomic E-state index is -4.76. The minimum absolute atomic E-state index is 0.131.